The van der Waals surface area contributed by atoms with E-state index in [1.165, 1.54) is 23.8 Å². The number of nitrogens with zero attached hydrogens (tertiary/aromatic N) is 1. The van der Waals surface area contributed by atoms with Crippen LogP contribution in [0.25, 0.3) is 0 Å². The smallest absolute Gasteiger partial charge is 0.325 e. The summed E-state index contributed by atoms with van der Waals surface area (Å²) in [4.78, 5) is 31.5. The molecule has 1 unspecified atom stereocenters. The minimum Gasteiger partial charge on any atom is -0.497 e. The van der Waals surface area contributed by atoms with E-state index < -0.39 is 5.97 Å². The number of anilines is 1. The molecule has 0 aliphatic carbocycles. The van der Waals surface area contributed by atoms with Crippen molar-refractivity contribution in [2.24, 2.45) is 0 Å². The van der Waals surface area contributed by atoms with Gasteiger partial charge in [0.15, 0.2) is 0 Å². The first-order chi connectivity index (χ1) is 13.5. The van der Waals surface area contributed by atoms with E-state index in [-0.39, 0.29) is 24.3 Å². The van der Waals surface area contributed by atoms with Crippen LogP contribution in [0.4, 0.5) is 5.69 Å². The summed E-state index contributed by atoms with van der Waals surface area (Å²) < 4.78 is 9.93. The monoisotopic (exact) mass is 403 g/mol. The van der Waals surface area contributed by atoms with Crippen LogP contribution in [-0.2, 0) is 32.2 Å². The van der Waals surface area contributed by atoms with Crippen molar-refractivity contribution in [2.75, 3.05) is 25.7 Å². The number of hydrogen-bond donors (Lipinski definition) is 1. The molecule has 0 spiro atoms. The van der Waals surface area contributed by atoms with Crippen LogP contribution >= 0.6 is 11.8 Å². The fraction of sp³-hybridized carbons (Fsp3) is 0.300. The summed E-state index contributed by atoms with van der Waals surface area (Å²) in [5, 5.41) is 8.33. The molecule has 28 heavy (non-hydrogen) atoms. The van der Waals surface area contributed by atoms with Crippen molar-refractivity contribution in [2.45, 2.75) is 23.2 Å². The third-order valence-electron chi connectivity index (χ3n) is 4.45. The first-order valence-corrected chi connectivity index (χ1v) is 9.50. The highest BCUT2D eigenvalue weighted by Gasteiger charge is 2.35. The normalized spacial score (nSPS) is 15.9. The molecule has 1 amide bonds. The predicted molar refractivity (Wildman–Crippen MR) is 105 cm³/mol. The number of carbonyl (C=O) groups excluding carboxylic acids is 2. The molecule has 0 saturated carbocycles. The molecule has 1 aliphatic heterocycles. The van der Waals surface area contributed by atoms with E-state index in [2.05, 4.69) is 4.89 Å². The highest BCUT2D eigenvalue weighted by Crippen LogP contribution is 2.41. The van der Waals surface area contributed by atoms with Crippen LogP contribution in [0.1, 0.15) is 11.1 Å². The molecule has 0 saturated heterocycles. The van der Waals surface area contributed by atoms with Crippen molar-refractivity contribution in [1.29, 1.82) is 0 Å². The van der Waals surface area contributed by atoms with Crippen molar-refractivity contribution in [1.82, 2.24) is 0 Å². The van der Waals surface area contributed by atoms with Crippen molar-refractivity contribution in [3.05, 3.63) is 53.6 Å². The number of amides is 1. The average Bonchev–Trinajstić information content (AvgIpc) is 2.72. The van der Waals surface area contributed by atoms with Crippen molar-refractivity contribution in [3.8, 4) is 5.75 Å². The van der Waals surface area contributed by atoms with Crippen LogP contribution in [0.2, 0.25) is 0 Å². The van der Waals surface area contributed by atoms with E-state index >= 15 is 0 Å². The Morgan fingerprint density at radius 1 is 1.14 bits per heavy atom. The summed E-state index contributed by atoms with van der Waals surface area (Å²) in [6.45, 7) is -0.182. The summed E-state index contributed by atoms with van der Waals surface area (Å²) in [5.74, 6) is 0.0849. The number of hydrogen-bond acceptors (Lipinski definition) is 7. The summed E-state index contributed by atoms with van der Waals surface area (Å²) in [5.41, 5.74) is 2.30. The third-order valence-corrected chi connectivity index (χ3v) is 5.70. The Balaban J connectivity index is 1.89. The standard InChI is InChI=1S/C20H21NO6S/c1-25-15-6-3-13(4-7-15)10-18-20(23)21(11-19(22)26-2)16-9-14(12-27-24)5-8-17(16)28-18/h3-9,18,24H,10-12H2,1-2H3. The quantitative estimate of drug-likeness (QED) is 0.432. The molecule has 3 rings (SSSR count). The third kappa shape index (κ3) is 4.46. The summed E-state index contributed by atoms with van der Waals surface area (Å²) in [7, 11) is 2.89. The van der Waals surface area contributed by atoms with E-state index in [1.54, 1.807) is 13.2 Å². The first kappa shape index (κ1) is 20.2. The zero-order valence-corrected chi connectivity index (χ0v) is 16.4. The molecular weight excluding hydrogens is 382 g/mol. The SMILES string of the molecule is COC(=O)CN1C(=O)C(Cc2ccc(OC)cc2)Sc2ccc(COO)cc21. The van der Waals surface area contributed by atoms with E-state index in [0.29, 0.717) is 17.7 Å². The van der Waals surface area contributed by atoms with Crippen molar-refractivity contribution >= 4 is 29.3 Å². The molecule has 0 bridgehead atoms. The van der Waals surface area contributed by atoms with Crippen LogP contribution in [0.3, 0.4) is 0 Å². The Morgan fingerprint density at radius 2 is 1.86 bits per heavy atom. The number of thioether (sulfide) groups is 1. The lowest BCUT2D eigenvalue weighted by Crippen LogP contribution is -2.44. The van der Waals surface area contributed by atoms with Gasteiger partial charge in [0.25, 0.3) is 0 Å². The summed E-state index contributed by atoms with van der Waals surface area (Å²) in [6, 6.07) is 13.0. The molecule has 8 heteroatoms. The van der Waals surface area contributed by atoms with Gasteiger partial charge in [0.1, 0.15) is 18.9 Å². The molecule has 0 fully saturated rings. The molecule has 0 aromatic heterocycles. The van der Waals surface area contributed by atoms with Gasteiger partial charge in [0.2, 0.25) is 5.91 Å². The lowest BCUT2D eigenvalue weighted by molar-refractivity contribution is -0.253. The maximum absolute atomic E-state index is 13.1. The van der Waals surface area contributed by atoms with Gasteiger partial charge >= 0.3 is 5.97 Å². The topological polar surface area (TPSA) is 85.3 Å². The minimum absolute atomic E-state index is 0.00647. The molecule has 1 atom stereocenters. The van der Waals surface area contributed by atoms with E-state index in [4.69, 9.17) is 14.7 Å². The highest BCUT2D eigenvalue weighted by molar-refractivity contribution is 8.01. The summed E-state index contributed by atoms with van der Waals surface area (Å²) >= 11 is 1.46. The largest absolute Gasteiger partial charge is 0.497 e. The molecule has 2 aromatic carbocycles. The van der Waals surface area contributed by atoms with Crippen LogP contribution in [0, 0.1) is 0 Å². The minimum atomic E-state index is -0.502. The maximum Gasteiger partial charge on any atom is 0.325 e. The molecule has 2 aromatic rings. The Morgan fingerprint density at radius 3 is 2.50 bits per heavy atom. The first-order valence-electron chi connectivity index (χ1n) is 8.62. The van der Waals surface area contributed by atoms with Crippen LogP contribution in [0.15, 0.2) is 47.4 Å². The van der Waals surface area contributed by atoms with Crippen molar-refractivity contribution < 1.29 is 29.2 Å². The number of ether oxygens (including phenoxy) is 2. The summed E-state index contributed by atoms with van der Waals surface area (Å²) in [6.07, 6.45) is 0.520. The maximum atomic E-state index is 13.1. The second-order valence-electron chi connectivity index (χ2n) is 6.23. The fourth-order valence-corrected chi connectivity index (χ4v) is 4.24. The van der Waals surface area contributed by atoms with Gasteiger partial charge in [-0.15, -0.1) is 11.8 Å². The molecule has 7 nitrogen and oxygen atoms in total. The van der Waals surface area contributed by atoms with Gasteiger partial charge < -0.3 is 9.47 Å². The number of methoxy groups -OCH3 is 2. The number of esters is 1. The second kappa shape index (κ2) is 9.09. The fourth-order valence-electron chi connectivity index (χ4n) is 3.00. The zero-order chi connectivity index (χ0) is 20.1. The van der Waals surface area contributed by atoms with Crippen LogP contribution in [0.5, 0.6) is 5.75 Å². The lowest BCUT2D eigenvalue weighted by Gasteiger charge is -2.33. The van der Waals surface area contributed by atoms with E-state index in [9.17, 15) is 9.59 Å². The molecule has 1 aliphatic rings. The highest BCUT2D eigenvalue weighted by atomic mass is 32.2. The number of carbonyl (C=O) groups is 2. The van der Waals surface area contributed by atoms with Crippen molar-refractivity contribution in [3.63, 3.8) is 0 Å². The average molecular weight is 403 g/mol. The Kier molecular flexibility index (Phi) is 6.56. The van der Waals surface area contributed by atoms with Crippen LogP contribution in [-0.4, -0.2) is 43.1 Å². The van der Waals surface area contributed by atoms with E-state index in [0.717, 1.165) is 16.2 Å². The molecule has 148 valence electrons. The Hall–Kier alpha value is -2.55. The Bertz CT molecular complexity index is 854. The number of benzene rings is 2. The second-order valence-corrected chi connectivity index (χ2v) is 7.48. The molecule has 1 N–H and O–H groups in total. The van der Waals surface area contributed by atoms with Gasteiger partial charge in [0.05, 0.1) is 25.2 Å². The lowest BCUT2D eigenvalue weighted by atomic mass is 10.1. The van der Waals surface area contributed by atoms with Gasteiger partial charge in [0, 0.05) is 4.90 Å². The van der Waals surface area contributed by atoms with Gasteiger partial charge in [-0.25, -0.2) is 4.89 Å². The number of fused-ring (bicyclic) bond motifs is 1. The predicted octanol–water partition coefficient (Wildman–Crippen LogP) is 2.91. The van der Waals surface area contributed by atoms with Gasteiger partial charge in [-0.1, -0.05) is 18.2 Å². The van der Waals surface area contributed by atoms with Gasteiger partial charge in [-0.05, 0) is 41.8 Å². The zero-order valence-electron chi connectivity index (χ0n) is 15.6. The van der Waals surface area contributed by atoms with Gasteiger partial charge in [-0.3, -0.25) is 19.7 Å². The number of rotatable bonds is 7. The molecule has 0 radical (unpaired) electrons. The van der Waals surface area contributed by atoms with Gasteiger partial charge in [-0.2, -0.15) is 0 Å². The Labute approximate surface area is 167 Å². The van der Waals surface area contributed by atoms with Crippen LogP contribution < -0.4 is 9.64 Å². The molecule has 1 heterocycles. The van der Waals surface area contributed by atoms with E-state index in [1.807, 2.05) is 36.4 Å². The molecular formula is C20H21NO6S.